The lowest BCUT2D eigenvalue weighted by atomic mass is 10.1. The number of benzene rings is 1. The van der Waals surface area contributed by atoms with Gasteiger partial charge in [0.05, 0.1) is 12.1 Å². The molecule has 0 spiro atoms. The third kappa shape index (κ3) is 4.57. The first-order valence-electron chi connectivity index (χ1n) is 7.00. The summed E-state index contributed by atoms with van der Waals surface area (Å²) in [6.45, 7) is 5.78. The summed E-state index contributed by atoms with van der Waals surface area (Å²) in [6, 6.07) is 6.94. The van der Waals surface area contributed by atoms with E-state index >= 15 is 0 Å². The van der Waals surface area contributed by atoms with Gasteiger partial charge in [-0.1, -0.05) is 26.0 Å². The Balaban J connectivity index is 2.66. The highest BCUT2D eigenvalue weighted by Crippen LogP contribution is 2.13. The van der Waals surface area contributed by atoms with Gasteiger partial charge in [0.2, 0.25) is 5.91 Å². The van der Waals surface area contributed by atoms with Gasteiger partial charge in [-0.3, -0.25) is 9.59 Å². The second kappa shape index (κ2) is 8.19. The standard InChI is InChI=1S/C15H23N3O2/c1-3-9-18(10-4-2)14(19)11-17-13-8-6-5-7-12(13)15(16)20/h5-8,17H,3-4,9-11H2,1-2H3,(H2,16,20). The maximum Gasteiger partial charge on any atom is 0.250 e. The van der Waals surface area contributed by atoms with Gasteiger partial charge in [0.25, 0.3) is 5.91 Å². The third-order valence-electron chi connectivity index (χ3n) is 2.96. The number of carbonyl (C=O) groups is 2. The molecule has 0 saturated heterocycles. The predicted octanol–water partition coefficient (Wildman–Crippen LogP) is 1.85. The van der Waals surface area contributed by atoms with Gasteiger partial charge in [0, 0.05) is 18.8 Å². The van der Waals surface area contributed by atoms with E-state index in [-0.39, 0.29) is 12.5 Å². The smallest absolute Gasteiger partial charge is 0.250 e. The molecule has 0 atom stereocenters. The Morgan fingerprint density at radius 1 is 1.15 bits per heavy atom. The number of amides is 2. The quantitative estimate of drug-likeness (QED) is 0.761. The highest BCUT2D eigenvalue weighted by atomic mass is 16.2. The van der Waals surface area contributed by atoms with Crippen molar-refractivity contribution in [1.82, 2.24) is 4.90 Å². The van der Waals surface area contributed by atoms with E-state index in [9.17, 15) is 9.59 Å². The Hall–Kier alpha value is -2.04. The van der Waals surface area contributed by atoms with Crippen LogP contribution in [0.25, 0.3) is 0 Å². The summed E-state index contributed by atoms with van der Waals surface area (Å²) in [5.41, 5.74) is 6.30. The maximum atomic E-state index is 12.1. The number of rotatable bonds is 8. The number of carbonyl (C=O) groups excluding carboxylic acids is 2. The van der Waals surface area contributed by atoms with Crippen molar-refractivity contribution in [3.05, 3.63) is 29.8 Å². The molecule has 20 heavy (non-hydrogen) atoms. The van der Waals surface area contributed by atoms with Crippen LogP contribution in [0.2, 0.25) is 0 Å². The van der Waals surface area contributed by atoms with E-state index in [2.05, 4.69) is 5.32 Å². The molecule has 5 nitrogen and oxygen atoms in total. The van der Waals surface area contributed by atoms with E-state index in [0.29, 0.717) is 11.3 Å². The zero-order valence-electron chi connectivity index (χ0n) is 12.2. The van der Waals surface area contributed by atoms with Crippen molar-refractivity contribution in [3.8, 4) is 0 Å². The summed E-state index contributed by atoms with van der Waals surface area (Å²) in [6.07, 6.45) is 1.87. The number of hydrogen-bond acceptors (Lipinski definition) is 3. The lowest BCUT2D eigenvalue weighted by molar-refractivity contribution is -0.129. The minimum atomic E-state index is -0.500. The predicted molar refractivity (Wildman–Crippen MR) is 80.6 cm³/mol. The molecular weight excluding hydrogens is 254 g/mol. The third-order valence-corrected chi connectivity index (χ3v) is 2.96. The summed E-state index contributed by atoms with van der Waals surface area (Å²) in [5, 5.41) is 3.00. The van der Waals surface area contributed by atoms with E-state index in [1.165, 1.54) is 0 Å². The zero-order valence-corrected chi connectivity index (χ0v) is 12.2. The van der Waals surface area contributed by atoms with Gasteiger partial charge in [0.1, 0.15) is 0 Å². The van der Waals surface area contributed by atoms with Crippen LogP contribution in [-0.2, 0) is 4.79 Å². The molecule has 0 heterocycles. The molecular formula is C15H23N3O2. The van der Waals surface area contributed by atoms with Crippen molar-refractivity contribution in [2.75, 3.05) is 25.0 Å². The number of primary amides is 1. The number of nitrogens with two attached hydrogens (primary N) is 1. The molecule has 0 radical (unpaired) electrons. The molecule has 2 amide bonds. The molecule has 1 rings (SSSR count). The molecule has 1 aromatic rings. The normalized spacial score (nSPS) is 10.1. The summed E-state index contributed by atoms with van der Waals surface area (Å²) in [7, 11) is 0. The minimum absolute atomic E-state index is 0.0352. The van der Waals surface area contributed by atoms with Crippen LogP contribution in [0.1, 0.15) is 37.0 Å². The van der Waals surface area contributed by atoms with Crippen molar-refractivity contribution in [2.45, 2.75) is 26.7 Å². The summed E-state index contributed by atoms with van der Waals surface area (Å²) in [5.74, 6) is -0.465. The molecule has 0 unspecified atom stereocenters. The Morgan fingerprint density at radius 3 is 2.30 bits per heavy atom. The first kappa shape index (κ1) is 16.0. The van der Waals surface area contributed by atoms with Crippen molar-refractivity contribution in [1.29, 1.82) is 0 Å². The molecule has 3 N–H and O–H groups in total. The highest BCUT2D eigenvalue weighted by Gasteiger charge is 2.13. The molecule has 5 heteroatoms. The van der Waals surface area contributed by atoms with Crippen LogP contribution in [0.15, 0.2) is 24.3 Å². The summed E-state index contributed by atoms with van der Waals surface area (Å²) < 4.78 is 0. The van der Waals surface area contributed by atoms with Gasteiger partial charge in [-0.25, -0.2) is 0 Å². The lowest BCUT2D eigenvalue weighted by Crippen LogP contribution is -2.36. The fourth-order valence-corrected chi connectivity index (χ4v) is 2.04. The summed E-state index contributed by atoms with van der Waals surface area (Å²) >= 11 is 0. The zero-order chi connectivity index (χ0) is 15.0. The Labute approximate surface area is 120 Å². The van der Waals surface area contributed by atoms with Gasteiger partial charge in [0.15, 0.2) is 0 Å². The van der Waals surface area contributed by atoms with E-state index in [4.69, 9.17) is 5.73 Å². The average Bonchev–Trinajstić information content (AvgIpc) is 2.44. The second-order valence-electron chi connectivity index (χ2n) is 4.64. The van der Waals surface area contributed by atoms with Gasteiger partial charge < -0.3 is 16.0 Å². The van der Waals surface area contributed by atoms with Crippen molar-refractivity contribution in [2.24, 2.45) is 5.73 Å². The van der Waals surface area contributed by atoms with E-state index in [1.54, 1.807) is 24.3 Å². The molecule has 0 saturated carbocycles. The molecule has 0 aliphatic heterocycles. The Bertz CT molecular complexity index is 454. The number of nitrogens with one attached hydrogen (secondary N) is 1. The highest BCUT2D eigenvalue weighted by molar-refractivity contribution is 5.98. The van der Waals surface area contributed by atoms with Crippen LogP contribution < -0.4 is 11.1 Å². The lowest BCUT2D eigenvalue weighted by Gasteiger charge is -2.22. The maximum absolute atomic E-state index is 12.1. The first-order valence-corrected chi connectivity index (χ1v) is 7.00. The fraction of sp³-hybridized carbons (Fsp3) is 0.467. The molecule has 0 aliphatic carbocycles. The summed E-state index contributed by atoms with van der Waals surface area (Å²) in [4.78, 5) is 25.3. The number of nitrogens with zero attached hydrogens (tertiary/aromatic N) is 1. The topological polar surface area (TPSA) is 75.4 Å². The Kier molecular flexibility index (Phi) is 6.56. The molecule has 110 valence electrons. The van der Waals surface area contributed by atoms with Gasteiger partial charge in [-0.05, 0) is 25.0 Å². The number of para-hydroxylation sites is 1. The van der Waals surface area contributed by atoms with Gasteiger partial charge >= 0.3 is 0 Å². The molecule has 0 bridgehead atoms. The molecule has 0 aliphatic rings. The number of hydrogen-bond donors (Lipinski definition) is 2. The van der Waals surface area contributed by atoms with Gasteiger partial charge in [-0.15, -0.1) is 0 Å². The van der Waals surface area contributed by atoms with Crippen LogP contribution in [-0.4, -0.2) is 36.3 Å². The number of anilines is 1. The monoisotopic (exact) mass is 277 g/mol. The second-order valence-corrected chi connectivity index (χ2v) is 4.64. The van der Waals surface area contributed by atoms with Crippen molar-refractivity contribution in [3.63, 3.8) is 0 Å². The van der Waals surface area contributed by atoms with E-state index in [0.717, 1.165) is 25.9 Å². The average molecular weight is 277 g/mol. The minimum Gasteiger partial charge on any atom is -0.376 e. The van der Waals surface area contributed by atoms with Crippen LogP contribution >= 0.6 is 0 Å². The van der Waals surface area contributed by atoms with Crippen molar-refractivity contribution >= 4 is 17.5 Å². The van der Waals surface area contributed by atoms with E-state index in [1.807, 2.05) is 18.7 Å². The van der Waals surface area contributed by atoms with Crippen molar-refractivity contribution < 1.29 is 9.59 Å². The molecule has 0 aromatic heterocycles. The van der Waals surface area contributed by atoms with E-state index < -0.39 is 5.91 Å². The van der Waals surface area contributed by atoms with Crippen LogP contribution in [0.3, 0.4) is 0 Å². The molecule has 1 aromatic carbocycles. The van der Waals surface area contributed by atoms with Crippen LogP contribution in [0, 0.1) is 0 Å². The van der Waals surface area contributed by atoms with Crippen LogP contribution in [0.4, 0.5) is 5.69 Å². The Morgan fingerprint density at radius 2 is 1.75 bits per heavy atom. The fourth-order valence-electron chi connectivity index (χ4n) is 2.04. The molecule has 0 fully saturated rings. The largest absolute Gasteiger partial charge is 0.376 e. The first-order chi connectivity index (χ1) is 9.60. The van der Waals surface area contributed by atoms with Gasteiger partial charge in [-0.2, -0.15) is 0 Å². The SMILES string of the molecule is CCCN(CCC)C(=O)CNc1ccccc1C(N)=O. The van der Waals surface area contributed by atoms with Crippen LogP contribution in [0.5, 0.6) is 0 Å².